The van der Waals surface area contributed by atoms with Crippen molar-refractivity contribution in [1.82, 2.24) is 5.32 Å². The minimum absolute atomic E-state index is 0.121. The molecule has 0 aliphatic rings. The molecule has 0 atom stereocenters. The molecule has 14 heavy (non-hydrogen) atoms. The van der Waals surface area contributed by atoms with Crippen LogP contribution in [0.2, 0.25) is 0 Å². The van der Waals surface area contributed by atoms with Crippen molar-refractivity contribution in [2.75, 3.05) is 13.1 Å². The fourth-order valence-electron chi connectivity index (χ4n) is 1.32. The maximum atomic E-state index is 13.4. The van der Waals surface area contributed by atoms with Gasteiger partial charge in [-0.1, -0.05) is 19.1 Å². The molecule has 1 aromatic rings. The van der Waals surface area contributed by atoms with Crippen molar-refractivity contribution in [3.63, 3.8) is 0 Å². The quantitative estimate of drug-likeness (QED) is 0.802. The van der Waals surface area contributed by atoms with E-state index in [0.717, 1.165) is 31.5 Å². The fourth-order valence-corrected chi connectivity index (χ4v) is 1.73. The van der Waals surface area contributed by atoms with Gasteiger partial charge in [-0.2, -0.15) is 0 Å². The minimum Gasteiger partial charge on any atom is -0.317 e. The molecule has 0 fully saturated rings. The topological polar surface area (TPSA) is 12.0 Å². The van der Waals surface area contributed by atoms with Crippen molar-refractivity contribution in [2.24, 2.45) is 0 Å². The van der Waals surface area contributed by atoms with Crippen molar-refractivity contribution in [3.8, 4) is 0 Å². The summed E-state index contributed by atoms with van der Waals surface area (Å²) in [6, 6.07) is 5.44. The van der Waals surface area contributed by atoms with Gasteiger partial charge in [0, 0.05) is 0 Å². The normalized spacial score (nSPS) is 10.5. The number of hydrogen-bond donors (Lipinski definition) is 1. The van der Waals surface area contributed by atoms with Gasteiger partial charge in [-0.05, 0) is 53.5 Å². The third-order valence-corrected chi connectivity index (χ3v) is 2.69. The maximum absolute atomic E-state index is 13.4. The highest BCUT2D eigenvalue weighted by Gasteiger charge is 2.04. The first-order valence-corrected chi connectivity index (χ1v) is 5.68. The third kappa shape index (κ3) is 3.39. The summed E-state index contributed by atoms with van der Waals surface area (Å²) in [6.07, 6.45) is 1.76. The predicted molar refractivity (Wildman–Crippen MR) is 61.0 cm³/mol. The van der Waals surface area contributed by atoms with Crippen molar-refractivity contribution in [3.05, 3.63) is 34.1 Å². The van der Waals surface area contributed by atoms with Crippen LogP contribution < -0.4 is 5.32 Å². The predicted octanol–water partition coefficient (Wildman–Crippen LogP) is 3.13. The summed E-state index contributed by atoms with van der Waals surface area (Å²) in [4.78, 5) is 0. The number of hydrogen-bond acceptors (Lipinski definition) is 1. The van der Waals surface area contributed by atoms with E-state index in [9.17, 15) is 4.39 Å². The van der Waals surface area contributed by atoms with Crippen LogP contribution in [0.1, 0.15) is 18.9 Å². The number of nitrogens with one attached hydrogen (secondary N) is 1. The summed E-state index contributed by atoms with van der Waals surface area (Å²) >= 11 is 3.18. The molecule has 0 aliphatic carbocycles. The van der Waals surface area contributed by atoms with Crippen LogP contribution in [0.5, 0.6) is 0 Å². The molecule has 0 saturated carbocycles. The molecule has 0 saturated heterocycles. The van der Waals surface area contributed by atoms with Gasteiger partial charge in [0.1, 0.15) is 5.82 Å². The zero-order valence-electron chi connectivity index (χ0n) is 8.32. The molecule has 0 heterocycles. The monoisotopic (exact) mass is 259 g/mol. The lowest BCUT2D eigenvalue weighted by Crippen LogP contribution is -2.14. The summed E-state index contributed by atoms with van der Waals surface area (Å²) in [5, 5.41) is 3.22. The lowest BCUT2D eigenvalue weighted by atomic mass is 10.1. The Balaban J connectivity index is 2.46. The largest absolute Gasteiger partial charge is 0.317 e. The Morgan fingerprint density at radius 2 is 2.21 bits per heavy atom. The Kier molecular flexibility index (Phi) is 5.12. The molecule has 0 aromatic heterocycles. The summed E-state index contributed by atoms with van der Waals surface area (Å²) in [7, 11) is 0. The molecule has 1 aromatic carbocycles. The molecular formula is C11H15BrFN. The van der Waals surface area contributed by atoms with Crippen LogP contribution in [0, 0.1) is 5.82 Å². The van der Waals surface area contributed by atoms with E-state index in [1.807, 2.05) is 12.1 Å². The van der Waals surface area contributed by atoms with Crippen LogP contribution in [0.15, 0.2) is 22.7 Å². The molecule has 0 aliphatic heterocycles. The van der Waals surface area contributed by atoms with Gasteiger partial charge >= 0.3 is 0 Å². The average Bonchev–Trinajstić information content (AvgIpc) is 2.19. The fraction of sp³-hybridized carbons (Fsp3) is 0.455. The molecule has 1 N–H and O–H groups in total. The number of halogens is 2. The van der Waals surface area contributed by atoms with Gasteiger partial charge in [0.25, 0.3) is 0 Å². The van der Waals surface area contributed by atoms with Gasteiger partial charge < -0.3 is 5.32 Å². The highest BCUT2D eigenvalue weighted by Crippen LogP contribution is 2.19. The second kappa shape index (κ2) is 6.14. The summed E-state index contributed by atoms with van der Waals surface area (Å²) in [6.45, 7) is 3.99. The third-order valence-electron chi connectivity index (χ3n) is 2.08. The molecule has 78 valence electrons. The van der Waals surface area contributed by atoms with Crippen LogP contribution in [0.25, 0.3) is 0 Å². The van der Waals surface area contributed by atoms with Crippen LogP contribution in [-0.4, -0.2) is 13.1 Å². The Labute approximate surface area is 92.8 Å². The lowest BCUT2D eigenvalue weighted by Gasteiger charge is -2.04. The van der Waals surface area contributed by atoms with E-state index in [2.05, 4.69) is 28.2 Å². The van der Waals surface area contributed by atoms with E-state index in [1.54, 1.807) is 6.07 Å². The van der Waals surface area contributed by atoms with E-state index in [1.165, 1.54) is 0 Å². The van der Waals surface area contributed by atoms with E-state index in [4.69, 9.17) is 0 Å². The Hall–Kier alpha value is -0.410. The molecule has 1 nitrogen and oxygen atoms in total. The first-order chi connectivity index (χ1) is 6.75. The van der Waals surface area contributed by atoms with Crippen molar-refractivity contribution >= 4 is 15.9 Å². The van der Waals surface area contributed by atoms with Crippen LogP contribution in [0.4, 0.5) is 4.39 Å². The second-order valence-corrected chi connectivity index (χ2v) is 4.02. The SMILES string of the molecule is CCNCCCc1cccc(Br)c1F. The van der Waals surface area contributed by atoms with Gasteiger partial charge in [-0.15, -0.1) is 0 Å². The van der Waals surface area contributed by atoms with Crippen molar-refractivity contribution in [2.45, 2.75) is 19.8 Å². The first-order valence-electron chi connectivity index (χ1n) is 4.89. The van der Waals surface area contributed by atoms with Gasteiger partial charge in [0.05, 0.1) is 4.47 Å². The second-order valence-electron chi connectivity index (χ2n) is 3.17. The number of rotatable bonds is 5. The zero-order valence-corrected chi connectivity index (χ0v) is 9.90. The highest BCUT2D eigenvalue weighted by molar-refractivity contribution is 9.10. The highest BCUT2D eigenvalue weighted by atomic mass is 79.9. The summed E-state index contributed by atoms with van der Waals surface area (Å²) < 4.78 is 14.0. The van der Waals surface area contributed by atoms with Gasteiger partial charge in [0.2, 0.25) is 0 Å². The van der Waals surface area contributed by atoms with Gasteiger partial charge in [-0.3, -0.25) is 0 Å². The van der Waals surface area contributed by atoms with E-state index in [-0.39, 0.29) is 5.82 Å². The van der Waals surface area contributed by atoms with E-state index < -0.39 is 0 Å². The van der Waals surface area contributed by atoms with Crippen LogP contribution in [0.3, 0.4) is 0 Å². The standard InChI is InChI=1S/C11H15BrFN/c1-2-14-8-4-6-9-5-3-7-10(12)11(9)13/h3,5,7,14H,2,4,6,8H2,1H3. The molecule has 0 unspecified atom stereocenters. The van der Waals surface area contributed by atoms with Crippen LogP contribution in [-0.2, 0) is 6.42 Å². The van der Waals surface area contributed by atoms with E-state index in [0.29, 0.717) is 4.47 Å². The van der Waals surface area contributed by atoms with Gasteiger partial charge in [-0.25, -0.2) is 4.39 Å². The Morgan fingerprint density at radius 3 is 2.93 bits per heavy atom. The zero-order chi connectivity index (χ0) is 10.4. The number of benzene rings is 1. The van der Waals surface area contributed by atoms with Gasteiger partial charge in [0.15, 0.2) is 0 Å². The first kappa shape index (κ1) is 11.7. The summed E-state index contributed by atoms with van der Waals surface area (Å²) in [5.74, 6) is -0.121. The molecule has 1 rings (SSSR count). The number of aryl methyl sites for hydroxylation is 1. The average molecular weight is 260 g/mol. The Bertz CT molecular complexity index is 289. The lowest BCUT2D eigenvalue weighted by molar-refractivity contribution is 0.591. The van der Waals surface area contributed by atoms with Crippen LogP contribution >= 0.6 is 15.9 Å². The maximum Gasteiger partial charge on any atom is 0.140 e. The molecule has 0 bridgehead atoms. The Morgan fingerprint density at radius 1 is 1.43 bits per heavy atom. The minimum atomic E-state index is -0.121. The molecule has 0 radical (unpaired) electrons. The van der Waals surface area contributed by atoms with Crippen molar-refractivity contribution in [1.29, 1.82) is 0 Å². The van der Waals surface area contributed by atoms with E-state index >= 15 is 0 Å². The molecule has 3 heteroatoms. The molecule has 0 spiro atoms. The smallest absolute Gasteiger partial charge is 0.140 e. The molecular weight excluding hydrogens is 245 g/mol. The van der Waals surface area contributed by atoms with Crippen molar-refractivity contribution < 1.29 is 4.39 Å². The summed E-state index contributed by atoms with van der Waals surface area (Å²) in [5.41, 5.74) is 0.789. The molecule has 0 amide bonds.